The van der Waals surface area contributed by atoms with Gasteiger partial charge in [-0.2, -0.15) is 0 Å². The van der Waals surface area contributed by atoms with Crippen LogP contribution in [0, 0.1) is 0 Å². The summed E-state index contributed by atoms with van der Waals surface area (Å²) in [5.74, 6) is 1.07. The SMILES string of the molecule is COc1ccc(S(=O)(=O)NCc2ccc(-c3ccco3)nc2)cc1Cl. The Morgan fingerprint density at radius 2 is 2.08 bits per heavy atom. The van der Waals surface area contributed by atoms with Gasteiger partial charge in [0, 0.05) is 12.7 Å². The quantitative estimate of drug-likeness (QED) is 0.710. The molecule has 0 saturated heterocycles. The van der Waals surface area contributed by atoms with Crippen molar-refractivity contribution in [1.82, 2.24) is 9.71 Å². The summed E-state index contributed by atoms with van der Waals surface area (Å²) in [7, 11) is -2.23. The first-order valence-electron chi connectivity index (χ1n) is 7.31. The minimum Gasteiger partial charge on any atom is -0.495 e. The van der Waals surface area contributed by atoms with E-state index in [0.717, 1.165) is 5.56 Å². The number of furan rings is 1. The molecule has 0 amide bonds. The molecule has 0 fully saturated rings. The van der Waals surface area contributed by atoms with E-state index in [4.69, 9.17) is 20.8 Å². The molecule has 1 aromatic carbocycles. The van der Waals surface area contributed by atoms with Crippen LogP contribution >= 0.6 is 11.6 Å². The second kappa shape index (κ2) is 7.26. The van der Waals surface area contributed by atoms with E-state index in [2.05, 4.69) is 9.71 Å². The Kier molecular flexibility index (Phi) is 5.08. The number of pyridine rings is 1. The Hall–Kier alpha value is -2.35. The largest absolute Gasteiger partial charge is 0.495 e. The lowest BCUT2D eigenvalue weighted by atomic mass is 10.2. The van der Waals surface area contributed by atoms with Gasteiger partial charge in [-0.05, 0) is 42.0 Å². The van der Waals surface area contributed by atoms with Crippen LogP contribution in [0.1, 0.15) is 5.56 Å². The van der Waals surface area contributed by atoms with E-state index in [1.54, 1.807) is 36.7 Å². The van der Waals surface area contributed by atoms with Gasteiger partial charge >= 0.3 is 0 Å². The minimum absolute atomic E-state index is 0.0680. The van der Waals surface area contributed by atoms with E-state index in [-0.39, 0.29) is 16.5 Å². The highest BCUT2D eigenvalue weighted by Crippen LogP contribution is 2.27. The Bertz CT molecular complexity index is 955. The first-order chi connectivity index (χ1) is 12.0. The van der Waals surface area contributed by atoms with Crippen molar-refractivity contribution in [3.05, 3.63) is 65.5 Å². The molecule has 0 aliphatic carbocycles. The van der Waals surface area contributed by atoms with E-state index >= 15 is 0 Å². The molecule has 0 bridgehead atoms. The van der Waals surface area contributed by atoms with Crippen molar-refractivity contribution in [2.45, 2.75) is 11.4 Å². The third kappa shape index (κ3) is 4.01. The van der Waals surface area contributed by atoms with Crippen molar-refractivity contribution in [3.63, 3.8) is 0 Å². The summed E-state index contributed by atoms with van der Waals surface area (Å²) in [6.45, 7) is 0.109. The third-order valence-electron chi connectivity index (χ3n) is 3.50. The molecule has 6 nitrogen and oxygen atoms in total. The van der Waals surface area contributed by atoms with Crippen molar-refractivity contribution < 1.29 is 17.6 Å². The second-order valence-electron chi connectivity index (χ2n) is 5.15. The van der Waals surface area contributed by atoms with E-state index in [1.807, 2.05) is 0 Å². The van der Waals surface area contributed by atoms with Gasteiger partial charge in [-0.1, -0.05) is 17.7 Å². The number of benzene rings is 1. The average Bonchev–Trinajstić information content (AvgIpc) is 3.15. The predicted molar refractivity (Wildman–Crippen MR) is 94.0 cm³/mol. The highest BCUT2D eigenvalue weighted by molar-refractivity contribution is 7.89. The van der Waals surface area contributed by atoms with Crippen LogP contribution in [0.2, 0.25) is 5.02 Å². The molecule has 0 radical (unpaired) electrons. The lowest BCUT2D eigenvalue weighted by Crippen LogP contribution is -2.23. The molecule has 0 aliphatic heterocycles. The molecule has 2 heterocycles. The van der Waals surface area contributed by atoms with Gasteiger partial charge in [0.05, 0.1) is 23.3 Å². The number of hydrogen-bond donors (Lipinski definition) is 1. The molecule has 2 aromatic heterocycles. The zero-order valence-electron chi connectivity index (χ0n) is 13.3. The van der Waals surface area contributed by atoms with Crippen molar-refractivity contribution in [2.24, 2.45) is 0 Å². The van der Waals surface area contributed by atoms with E-state index in [0.29, 0.717) is 17.2 Å². The number of aromatic nitrogens is 1. The first-order valence-corrected chi connectivity index (χ1v) is 9.18. The summed E-state index contributed by atoms with van der Waals surface area (Å²) in [4.78, 5) is 4.33. The predicted octanol–water partition coefficient (Wildman–Crippen LogP) is 3.48. The fourth-order valence-electron chi connectivity index (χ4n) is 2.18. The van der Waals surface area contributed by atoms with Crippen LogP contribution < -0.4 is 9.46 Å². The van der Waals surface area contributed by atoms with Gasteiger partial charge in [-0.25, -0.2) is 13.1 Å². The standard InChI is InChI=1S/C17H15ClN2O4S/c1-23-16-7-5-13(9-14(16)18)25(21,22)20-11-12-4-6-15(19-10-12)17-3-2-8-24-17/h2-10,20H,11H2,1H3. The number of nitrogens with one attached hydrogen (secondary N) is 1. The van der Waals surface area contributed by atoms with Crippen LogP contribution in [0.25, 0.3) is 11.5 Å². The molecule has 8 heteroatoms. The van der Waals surface area contributed by atoms with Crippen LogP contribution in [0.3, 0.4) is 0 Å². The minimum atomic E-state index is -3.70. The molecule has 3 rings (SSSR count). The number of nitrogens with zero attached hydrogens (tertiary/aromatic N) is 1. The Morgan fingerprint density at radius 1 is 1.24 bits per heavy atom. The zero-order chi connectivity index (χ0) is 17.9. The molecule has 130 valence electrons. The lowest BCUT2D eigenvalue weighted by molar-refractivity contribution is 0.414. The van der Waals surface area contributed by atoms with Crippen LogP contribution in [0.4, 0.5) is 0 Å². The third-order valence-corrected chi connectivity index (χ3v) is 5.19. The molecule has 0 aliphatic rings. The van der Waals surface area contributed by atoms with Crippen LogP contribution in [0.5, 0.6) is 5.75 Å². The maximum absolute atomic E-state index is 12.4. The molecule has 1 N–H and O–H groups in total. The normalized spacial score (nSPS) is 11.4. The topological polar surface area (TPSA) is 81.4 Å². The summed E-state index contributed by atoms with van der Waals surface area (Å²) in [5, 5.41) is 0.231. The molecule has 0 saturated carbocycles. The molecular weight excluding hydrogens is 364 g/mol. The number of rotatable bonds is 6. The monoisotopic (exact) mass is 378 g/mol. The maximum Gasteiger partial charge on any atom is 0.240 e. The number of sulfonamides is 1. The van der Waals surface area contributed by atoms with Gasteiger partial charge in [0.25, 0.3) is 0 Å². The lowest BCUT2D eigenvalue weighted by Gasteiger charge is -2.09. The summed E-state index contributed by atoms with van der Waals surface area (Å²) < 4.78 is 37.5. The fraction of sp³-hybridized carbons (Fsp3) is 0.118. The van der Waals surface area contributed by atoms with E-state index < -0.39 is 10.0 Å². The highest BCUT2D eigenvalue weighted by atomic mass is 35.5. The smallest absolute Gasteiger partial charge is 0.240 e. The van der Waals surface area contributed by atoms with Crippen molar-refractivity contribution >= 4 is 21.6 Å². The van der Waals surface area contributed by atoms with Crippen molar-refractivity contribution in [3.8, 4) is 17.2 Å². The van der Waals surface area contributed by atoms with Gasteiger partial charge in [0.15, 0.2) is 5.76 Å². The van der Waals surface area contributed by atoms with Crippen molar-refractivity contribution in [1.29, 1.82) is 0 Å². The highest BCUT2D eigenvalue weighted by Gasteiger charge is 2.16. The summed E-state index contributed by atoms with van der Waals surface area (Å²) in [6.07, 6.45) is 3.17. The molecule has 3 aromatic rings. The fourth-order valence-corrected chi connectivity index (χ4v) is 3.54. The molecule has 0 unspecified atom stereocenters. The Morgan fingerprint density at radius 3 is 2.68 bits per heavy atom. The van der Waals surface area contributed by atoms with Crippen LogP contribution in [-0.4, -0.2) is 20.5 Å². The number of hydrogen-bond acceptors (Lipinski definition) is 5. The number of methoxy groups -OCH3 is 1. The van der Waals surface area contributed by atoms with Crippen molar-refractivity contribution in [2.75, 3.05) is 7.11 Å². The van der Waals surface area contributed by atoms with Crippen LogP contribution in [0.15, 0.2) is 64.2 Å². The zero-order valence-corrected chi connectivity index (χ0v) is 14.8. The van der Waals surface area contributed by atoms with Gasteiger partial charge in [-0.3, -0.25) is 4.98 Å². The van der Waals surface area contributed by atoms with E-state index in [1.165, 1.54) is 25.3 Å². The van der Waals surface area contributed by atoms with Gasteiger partial charge < -0.3 is 9.15 Å². The molecule has 0 atom stereocenters. The van der Waals surface area contributed by atoms with Gasteiger partial charge in [-0.15, -0.1) is 0 Å². The Balaban J connectivity index is 1.71. The number of halogens is 1. The summed E-state index contributed by atoms with van der Waals surface area (Å²) in [5.41, 5.74) is 1.40. The number of ether oxygens (including phenoxy) is 1. The molecular formula is C17H15ClN2O4S. The summed E-state index contributed by atoms with van der Waals surface area (Å²) in [6, 6.07) is 11.4. The van der Waals surface area contributed by atoms with Crippen LogP contribution in [-0.2, 0) is 16.6 Å². The molecule has 25 heavy (non-hydrogen) atoms. The average molecular weight is 379 g/mol. The van der Waals surface area contributed by atoms with Gasteiger partial charge in [0.1, 0.15) is 11.4 Å². The van der Waals surface area contributed by atoms with E-state index in [9.17, 15) is 8.42 Å². The first kappa shape index (κ1) is 17.5. The second-order valence-corrected chi connectivity index (χ2v) is 7.32. The summed E-state index contributed by atoms with van der Waals surface area (Å²) >= 11 is 5.98. The molecule has 0 spiro atoms. The maximum atomic E-state index is 12.4. The van der Waals surface area contributed by atoms with Gasteiger partial charge in [0.2, 0.25) is 10.0 Å². The Labute approximate surface area is 150 Å².